The van der Waals surface area contributed by atoms with Gasteiger partial charge in [0.15, 0.2) is 5.01 Å². The third-order valence-electron chi connectivity index (χ3n) is 2.51. The molecule has 0 atom stereocenters. The number of carbonyl (C=O) groups is 1. The largest absolute Gasteiger partial charge is 0.481 e. The number of aromatic nitrogens is 2. The molecule has 0 bridgehead atoms. The summed E-state index contributed by atoms with van der Waals surface area (Å²) in [6, 6.07) is 7.42. The molecule has 2 aromatic rings. The van der Waals surface area contributed by atoms with Gasteiger partial charge in [-0.25, -0.2) is 0 Å². The molecule has 1 heterocycles. The van der Waals surface area contributed by atoms with Crippen LogP contribution in [0, 0.1) is 0 Å². The van der Waals surface area contributed by atoms with Gasteiger partial charge in [0.25, 0.3) is 0 Å². The quantitative estimate of drug-likeness (QED) is 0.919. The molecule has 7 heteroatoms. The fourth-order valence-electron chi connectivity index (χ4n) is 1.47. The van der Waals surface area contributed by atoms with Gasteiger partial charge in [0.05, 0.1) is 11.4 Å². The van der Waals surface area contributed by atoms with E-state index in [-0.39, 0.29) is 6.42 Å². The average Bonchev–Trinajstić information content (AvgIpc) is 2.86. The maximum atomic E-state index is 10.5. The number of hydrogen-bond acceptors (Lipinski definition) is 5. The van der Waals surface area contributed by atoms with Crippen LogP contribution in [0.2, 0.25) is 5.02 Å². The number of nitrogens with zero attached hydrogens (tertiary/aromatic N) is 3. The molecule has 0 aliphatic carbocycles. The zero-order valence-electron chi connectivity index (χ0n) is 10.2. The standard InChI is InChI=1S/C12H12ClN3O2S/c1-16(7-6-10(17)18)12-15-14-11(19-12)8-4-2-3-5-9(8)13/h2-5H,6-7H2,1H3,(H,17,18). The summed E-state index contributed by atoms with van der Waals surface area (Å²) >= 11 is 7.48. The lowest BCUT2D eigenvalue weighted by atomic mass is 10.2. The summed E-state index contributed by atoms with van der Waals surface area (Å²) < 4.78 is 0. The van der Waals surface area contributed by atoms with E-state index in [4.69, 9.17) is 16.7 Å². The number of carboxylic acids is 1. The molecule has 0 saturated heterocycles. The molecule has 1 aromatic carbocycles. The summed E-state index contributed by atoms with van der Waals surface area (Å²) in [5.41, 5.74) is 0.833. The van der Waals surface area contributed by atoms with Crippen LogP contribution in [0.4, 0.5) is 5.13 Å². The maximum absolute atomic E-state index is 10.5. The SMILES string of the molecule is CN(CCC(=O)O)c1nnc(-c2ccccc2Cl)s1. The van der Waals surface area contributed by atoms with Crippen molar-refractivity contribution in [2.24, 2.45) is 0 Å². The molecule has 0 spiro atoms. The highest BCUT2D eigenvalue weighted by molar-refractivity contribution is 7.18. The van der Waals surface area contributed by atoms with E-state index >= 15 is 0 Å². The molecule has 0 amide bonds. The molecule has 0 saturated carbocycles. The van der Waals surface area contributed by atoms with Crippen molar-refractivity contribution in [3.05, 3.63) is 29.3 Å². The van der Waals surface area contributed by atoms with Crippen LogP contribution in [0.1, 0.15) is 6.42 Å². The third-order valence-corrected chi connectivity index (χ3v) is 3.91. The van der Waals surface area contributed by atoms with E-state index in [9.17, 15) is 4.79 Å². The van der Waals surface area contributed by atoms with Crippen LogP contribution < -0.4 is 4.90 Å². The number of benzene rings is 1. The Balaban J connectivity index is 2.15. The summed E-state index contributed by atoms with van der Waals surface area (Å²) in [6.45, 7) is 0.395. The van der Waals surface area contributed by atoms with Crippen molar-refractivity contribution in [2.75, 3.05) is 18.5 Å². The van der Waals surface area contributed by atoms with Gasteiger partial charge in [-0.05, 0) is 6.07 Å². The number of carboxylic acid groups (broad SMARTS) is 1. The van der Waals surface area contributed by atoms with Gasteiger partial charge in [-0.2, -0.15) is 0 Å². The summed E-state index contributed by atoms with van der Waals surface area (Å²) in [7, 11) is 1.79. The molecule has 100 valence electrons. The lowest BCUT2D eigenvalue weighted by Gasteiger charge is -2.12. The topological polar surface area (TPSA) is 66.3 Å². The Morgan fingerprint density at radius 3 is 2.84 bits per heavy atom. The second-order valence-electron chi connectivity index (χ2n) is 3.93. The lowest BCUT2D eigenvalue weighted by molar-refractivity contribution is -0.136. The monoisotopic (exact) mass is 297 g/mol. The highest BCUT2D eigenvalue weighted by Gasteiger charge is 2.13. The summed E-state index contributed by atoms with van der Waals surface area (Å²) in [5.74, 6) is -0.831. The third kappa shape index (κ3) is 3.42. The minimum absolute atomic E-state index is 0.0670. The van der Waals surface area contributed by atoms with Crippen molar-refractivity contribution in [1.82, 2.24) is 10.2 Å². The predicted molar refractivity (Wildman–Crippen MR) is 75.9 cm³/mol. The van der Waals surface area contributed by atoms with Crippen molar-refractivity contribution < 1.29 is 9.90 Å². The van der Waals surface area contributed by atoms with E-state index in [1.54, 1.807) is 18.0 Å². The Morgan fingerprint density at radius 1 is 1.42 bits per heavy atom. The number of hydrogen-bond donors (Lipinski definition) is 1. The van der Waals surface area contributed by atoms with Gasteiger partial charge in [0.2, 0.25) is 5.13 Å². The van der Waals surface area contributed by atoms with E-state index < -0.39 is 5.97 Å². The second kappa shape index (κ2) is 5.99. The van der Waals surface area contributed by atoms with Crippen molar-refractivity contribution in [2.45, 2.75) is 6.42 Å². The molecule has 0 unspecified atom stereocenters. The fraction of sp³-hybridized carbons (Fsp3) is 0.250. The number of halogens is 1. The summed E-state index contributed by atoms with van der Waals surface area (Å²) in [6.07, 6.45) is 0.0670. The van der Waals surface area contributed by atoms with Gasteiger partial charge in [-0.1, -0.05) is 41.1 Å². The van der Waals surface area contributed by atoms with Crippen LogP contribution in [-0.4, -0.2) is 34.9 Å². The van der Waals surface area contributed by atoms with Crippen LogP contribution in [0.15, 0.2) is 24.3 Å². The lowest BCUT2D eigenvalue weighted by Crippen LogP contribution is -2.20. The zero-order chi connectivity index (χ0) is 13.8. The first kappa shape index (κ1) is 13.8. The molecule has 19 heavy (non-hydrogen) atoms. The Hall–Kier alpha value is -1.66. The van der Waals surface area contributed by atoms with Crippen LogP contribution in [0.5, 0.6) is 0 Å². The molecule has 0 aliphatic rings. The van der Waals surface area contributed by atoms with Crippen molar-refractivity contribution in [1.29, 1.82) is 0 Å². The first-order valence-electron chi connectivity index (χ1n) is 5.59. The molecular weight excluding hydrogens is 286 g/mol. The van der Waals surface area contributed by atoms with E-state index in [1.165, 1.54) is 11.3 Å². The first-order valence-corrected chi connectivity index (χ1v) is 6.78. The zero-order valence-corrected chi connectivity index (χ0v) is 11.8. The van der Waals surface area contributed by atoms with Crippen LogP contribution >= 0.6 is 22.9 Å². The van der Waals surface area contributed by atoms with Crippen LogP contribution in [0.25, 0.3) is 10.6 Å². The van der Waals surface area contributed by atoms with Gasteiger partial charge in [0, 0.05) is 19.2 Å². The Kier molecular flexibility index (Phi) is 4.34. The van der Waals surface area contributed by atoms with Gasteiger partial charge in [-0.15, -0.1) is 10.2 Å². The molecule has 5 nitrogen and oxygen atoms in total. The normalized spacial score (nSPS) is 10.4. The highest BCUT2D eigenvalue weighted by atomic mass is 35.5. The predicted octanol–water partition coefficient (Wildman–Crippen LogP) is 2.77. The highest BCUT2D eigenvalue weighted by Crippen LogP contribution is 2.32. The van der Waals surface area contributed by atoms with Crippen LogP contribution in [0.3, 0.4) is 0 Å². The van der Waals surface area contributed by atoms with Crippen molar-refractivity contribution in [3.8, 4) is 10.6 Å². The van der Waals surface area contributed by atoms with Gasteiger partial charge >= 0.3 is 5.97 Å². The maximum Gasteiger partial charge on any atom is 0.305 e. The second-order valence-corrected chi connectivity index (χ2v) is 5.30. The fourth-order valence-corrected chi connectivity index (χ4v) is 2.62. The number of aliphatic carboxylic acids is 1. The average molecular weight is 298 g/mol. The molecular formula is C12H12ClN3O2S. The smallest absolute Gasteiger partial charge is 0.305 e. The van der Waals surface area contributed by atoms with Gasteiger partial charge < -0.3 is 10.0 Å². The minimum atomic E-state index is -0.831. The first-order chi connectivity index (χ1) is 9.08. The van der Waals surface area contributed by atoms with Crippen LogP contribution in [-0.2, 0) is 4.79 Å². The van der Waals surface area contributed by atoms with Crippen molar-refractivity contribution >= 4 is 34.0 Å². The summed E-state index contributed by atoms with van der Waals surface area (Å²) in [5, 5.41) is 18.8. The molecule has 0 aliphatic heterocycles. The van der Waals surface area contributed by atoms with E-state index in [1.807, 2.05) is 18.2 Å². The molecule has 1 aromatic heterocycles. The van der Waals surface area contributed by atoms with E-state index in [0.29, 0.717) is 16.7 Å². The molecule has 2 rings (SSSR count). The number of anilines is 1. The molecule has 0 fully saturated rings. The Morgan fingerprint density at radius 2 is 2.16 bits per heavy atom. The van der Waals surface area contributed by atoms with E-state index in [0.717, 1.165) is 10.6 Å². The number of rotatable bonds is 5. The minimum Gasteiger partial charge on any atom is -0.481 e. The summed E-state index contributed by atoms with van der Waals surface area (Å²) in [4.78, 5) is 12.3. The van der Waals surface area contributed by atoms with Gasteiger partial charge in [0.1, 0.15) is 0 Å². The molecule has 1 N–H and O–H groups in total. The van der Waals surface area contributed by atoms with Crippen molar-refractivity contribution in [3.63, 3.8) is 0 Å². The molecule has 0 radical (unpaired) electrons. The Bertz CT molecular complexity index is 588. The van der Waals surface area contributed by atoms with E-state index in [2.05, 4.69) is 10.2 Å². The van der Waals surface area contributed by atoms with Gasteiger partial charge in [-0.3, -0.25) is 4.79 Å². The Labute approximate surface area is 119 Å².